The summed E-state index contributed by atoms with van der Waals surface area (Å²) in [4.78, 5) is 24.0. The normalized spacial score (nSPS) is 30.2. The van der Waals surface area contributed by atoms with E-state index < -0.39 is 48.4 Å². The van der Waals surface area contributed by atoms with Gasteiger partial charge in [0.05, 0.1) is 19.3 Å². The van der Waals surface area contributed by atoms with E-state index in [1.807, 2.05) is 0 Å². The zero-order chi connectivity index (χ0) is 19.5. The topological polar surface area (TPSA) is 113 Å². The van der Waals surface area contributed by atoms with Crippen molar-refractivity contribution in [3.8, 4) is 0 Å². The Morgan fingerprint density at radius 3 is 2.19 bits per heavy atom. The zero-order valence-electron chi connectivity index (χ0n) is 15.7. The maximum atomic E-state index is 12.0. The predicted molar refractivity (Wildman–Crippen MR) is 88.7 cm³/mol. The van der Waals surface area contributed by atoms with Crippen molar-refractivity contribution in [2.24, 2.45) is 0 Å². The molecule has 0 spiro atoms. The second kappa shape index (κ2) is 8.34. The molecule has 26 heavy (non-hydrogen) atoms. The first-order chi connectivity index (χ1) is 12.2. The Morgan fingerprint density at radius 2 is 1.69 bits per heavy atom. The Bertz CT molecular complexity index is 539. The molecule has 9 nitrogen and oxygen atoms in total. The third-order valence-corrected chi connectivity index (χ3v) is 3.95. The van der Waals surface area contributed by atoms with Gasteiger partial charge in [-0.1, -0.05) is 0 Å². The van der Waals surface area contributed by atoms with E-state index >= 15 is 0 Å². The number of aliphatic hydroxyl groups is 1. The number of ether oxygens (including phenoxy) is 5. The second-order valence-electron chi connectivity index (χ2n) is 6.49. The smallest absolute Gasteiger partial charge is 0.347 e. The molecule has 0 bridgehead atoms. The molecule has 0 saturated carbocycles. The van der Waals surface area contributed by atoms with Gasteiger partial charge in [-0.05, 0) is 34.6 Å². The molecule has 0 aliphatic carbocycles. The van der Waals surface area contributed by atoms with Gasteiger partial charge in [0.1, 0.15) is 18.3 Å². The highest BCUT2D eigenvalue weighted by molar-refractivity contribution is 6.13. The number of nitrogens with one attached hydrogen (secondary N) is 1. The van der Waals surface area contributed by atoms with Gasteiger partial charge in [0.15, 0.2) is 17.6 Å². The fourth-order valence-corrected chi connectivity index (χ4v) is 2.94. The van der Waals surface area contributed by atoms with E-state index in [0.29, 0.717) is 0 Å². The lowest BCUT2D eigenvalue weighted by atomic mass is 10.1. The van der Waals surface area contributed by atoms with Crippen LogP contribution in [0.5, 0.6) is 0 Å². The van der Waals surface area contributed by atoms with Gasteiger partial charge in [0.2, 0.25) is 0 Å². The molecule has 0 aromatic heterocycles. The van der Waals surface area contributed by atoms with Gasteiger partial charge in [-0.15, -0.1) is 0 Å². The second-order valence-corrected chi connectivity index (χ2v) is 6.49. The van der Waals surface area contributed by atoms with E-state index in [1.54, 1.807) is 34.6 Å². The van der Waals surface area contributed by atoms with Crippen LogP contribution in [0.25, 0.3) is 0 Å². The van der Waals surface area contributed by atoms with Crippen molar-refractivity contribution in [2.45, 2.75) is 71.0 Å². The van der Waals surface area contributed by atoms with Crippen LogP contribution < -0.4 is 5.32 Å². The molecule has 2 heterocycles. The molecule has 2 aliphatic heterocycles. The van der Waals surface area contributed by atoms with Gasteiger partial charge in [-0.25, -0.2) is 9.59 Å². The van der Waals surface area contributed by atoms with Gasteiger partial charge < -0.3 is 34.1 Å². The maximum Gasteiger partial charge on any atom is 0.347 e. The molecule has 0 unspecified atom stereocenters. The fraction of sp³-hybridized carbons (Fsp3) is 0.765. The Kier molecular flexibility index (Phi) is 6.62. The number of hydrogen-bond donors (Lipinski definition) is 2. The molecule has 148 valence electrons. The highest BCUT2D eigenvalue weighted by Gasteiger charge is 2.56. The highest BCUT2D eigenvalue weighted by atomic mass is 16.8. The lowest BCUT2D eigenvalue weighted by molar-refractivity contribution is -0.198. The van der Waals surface area contributed by atoms with Crippen LogP contribution in [0.1, 0.15) is 34.6 Å². The summed E-state index contributed by atoms with van der Waals surface area (Å²) in [7, 11) is 0. The molecular weight excluding hydrogens is 346 g/mol. The summed E-state index contributed by atoms with van der Waals surface area (Å²) in [6.07, 6.45) is -1.93. The van der Waals surface area contributed by atoms with Crippen molar-refractivity contribution in [1.29, 1.82) is 0 Å². The van der Waals surface area contributed by atoms with Crippen LogP contribution in [0.2, 0.25) is 0 Å². The first-order valence-electron chi connectivity index (χ1n) is 8.69. The van der Waals surface area contributed by atoms with Crippen LogP contribution in [-0.4, -0.2) is 66.7 Å². The zero-order valence-corrected chi connectivity index (χ0v) is 15.7. The van der Waals surface area contributed by atoms with Crippen molar-refractivity contribution >= 4 is 11.9 Å². The minimum atomic E-state index is -0.832. The Morgan fingerprint density at radius 1 is 1.15 bits per heavy atom. The number of aliphatic hydroxyl groups excluding tert-OH is 1. The number of esters is 2. The van der Waals surface area contributed by atoms with Crippen LogP contribution in [0.4, 0.5) is 0 Å². The third-order valence-electron chi connectivity index (χ3n) is 3.95. The van der Waals surface area contributed by atoms with Crippen LogP contribution in [0, 0.1) is 0 Å². The van der Waals surface area contributed by atoms with Crippen molar-refractivity contribution in [3.05, 3.63) is 11.8 Å². The van der Waals surface area contributed by atoms with Crippen LogP contribution in [-0.2, 0) is 33.3 Å². The van der Waals surface area contributed by atoms with E-state index in [2.05, 4.69) is 5.32 Å². The van der Waals surface area contributed by atoms with E-state index in [9.17, 15) is 14.7 Å². The molecule has 2 rings (SSSR count). The fourth-order valence-electron chi connectivity index (χ4n) is 2.94. The summed E-state index contributed by atoms with van der Waals surface area (Å²) >= 11 is 0. The highest BCUT2D eigenvalue weighted by Crippen LogP contribution is 2.38. The maximum absolute atomic E-state index is 12.0. The largest absolute Gasteiger partial charge is 0.462 e. The van der Waals surface area contributed by atoms with Crippen molar-refractivity contribution in [3.63, 3.8) is 0 Å². The molecule has 2 saturated heterocycles. The first-order valence-corrected chi connectivity index (χ1v) is 8.69. The summed E-state index contributed by atoms with van der Waals surface area (Å²) in [5.74, 6) is -2.44. The molecule has 2 fully saturated rings. The number of rotatable bonds is 7. The van der Waals surface area contributed by atoms with Gasteiger partial charge >= 0.3 is 11.9 Å². The quantitative estimate of drug-likeness (QED) is 0.280. The summed E-state index contributed by atoms with van der Waals surface area (Å²) in [5.41, 5.74) is -0.285. The molecular formula is C17H27NO8. The van der Waals surface area contributed by atoms with Gasteiger partial charge in [0, 0.05) is 6.20 Å². The minimum Gasteiger partial charge on any atom is -0.462 e. The van der Waals surface area contributed by atoms with E-state index in [0.717, 1.165) is 0 Å². The Balaban J connectivity index is 2.17. The average Bonchev–Trinajstić information content (AvgIpc) is 3.01. The summed E-state index contributed by atoms with van der Waals surface area (Å²) in [5, 5.41) is 12.8. The van der Waals surface area contributed by atoms with Crippen molar-refractivity contribution in [2.75, 3.05) is 13.2 Å². The average molecular weight is 373 g/mol. The van der Waals surface area contributed by atoms with Gasteiger partial charge in [0.25, 0.3) is 0 Å². The summed E-state index contributed by atoms with van der Waals surface area (Å²) < 4.78 is 27.2. The standard InChI is InChI=1S/C17H27NO8/c1-6-22-15(20)10(16(21)23-7-2)8-18-14-13-12(11(24-14)9(3)19)25-17(4,5)26-13/h8-9,11-14,18-19H,6-7H2,1-5H3/t9-,11-,12+,13+,14-/m0/s1. The van der Waals surface area contributed by atoms with E-state index in [1.165, 1.54) is 6.20 Å². The van der Waals surface area contributed by atoms with E-state index in [4.69, 9.17) is 23.7 Å². The summed E-state index contributed by atoms with van der Waals surface area (Å²) in [6, 6.07) is 0. The number of hydrogen-bond acceptors (Lipinski definition) is 9. The number of carbonyl (C=O) groups excluding carboxylic acids is 2. The predicted octanol–water partition coefficient (Wildman–Crippen LogP) is 0.212. The van der Waals surface area contributed by atoms with Gasteiger partial charge in [-0.3, -0.25) is 0 Å². The van der Waals surface area contributed by atoms with E-state index in [-0.39, 0.29) is 18.8 Å². The summed E-state index contributed by atoms with van der Waals surface area (Å²) in [6.45, 7) is 8.64. The molecule has 0 aromatic carbocycles. The van der Waals surface area contributed by atoms with Crippen LogP contribution >= 0.6 is 0 Å². The lowest BCUT2D eigenvalue weighted by Gasteiger charge is -2.25. The SMILES string of the molecule is CCOC(=O)C(=CN[C@H]1O[C@@H]([C@H](C)O)[C@H]2OC(C)(C)O[C@H]21)C(=O)OCC. The molecule has 2 aliphatic rings. The lowest BCUT2D eigenvalue weighted by Crippen LogP contribution is -2.39. The molecule has 5 atom stereocenters. The monoisotopic (exact) mass is 373 g/mol. The van der Waals surface area contributed by atoms with Crippen LogP contribution in [0.15, 0.2) is 11.8 Å². The van der Waals surface area contributed by atoms with Crippen molar-refractivity contribution < 1.29 is 38.4 Å². The Labute approximate surface area is 152 Å². The van der Waals surface area contributed by atoms with Gasteiger partial charge in [-0.2, -0.15) is 0 Å². The molecule has 0 radical (unpaired) electrons. The number of carbonyl (C=O) groups is 2. The minimum absolute atomic E-state index is 0.120. The van der Waals surface area contributed by atoms with Crippen molar-refractivity contribution in [1.82, 2.24) is 5.32 Å². The molecule has 0 aromatic rings. The first kappa shape index (κ1) is 20.6. The third kappa shape index (κ3) is 4.53. The molecule has 2 N–H and O–H groups in total. The molecule has 9 heteroatoms. The Hall–Kier alpha value is -1.68. The number of fused-ring (bicyclic) bond motifs is 1. The van der Waals surface area contributed by atoms with Crippen LogP contribution in [0.3, 0.4) is 0 Å². The molecule has 0 amide bonds.